The molecule has 1 fully saturated rings. The van der Waals surface area contributed by atoms with Gasteiger partial charge in [0.2, 0.25) is 5.91 Å². The van der Waals surface area contributed by atoms with Gasteiger partial charge in [0.05, 0.1) is 6.42 Å². The van der Waals surface area contributed by atoms with Gasteiger partial charge in [0.25, 0.3) is 0 Å². The number of benzene rings is 2. The number of amides is 1. The summed E-state index contributed by atoms with van der Waals surface area (Å²) in [5, 5.41) is 0.694. The molecule has 1 heterocycles. The van der Waals surface area contributed by atoms with Crippen LogP contribution in [0.2, 0.25) is 5.02 Å². The number of hydrogen-bond donors (Lipinski definition) is 0. The van der Waals surface area contributed by atoms with E-state index < -0.39 is 0 Å². The Kier molecular flexibility index (Phi) is 7.95. The van der Waals surface area contributed by atoms with Crippen LogP contribution in [-0.4, -0.2) is 36.5 Å². The Hall–Kier alpha value is -1.55. The standard InChI is InChI=1S/C21H25ClN2O.ClH/c1-2-23-14-12-20(13-15-23)24(19-10-8-18(22)9-11-19)21(25)16-17-6-4-3-5-7-17;/h3-11,20H,2,12-16H2,1H3;1H. The van der Waals surface area contributed by atoms with Crippen LogP contribution in [0.25, 0.3) is 0 Å². The highest BCUT2D eigenvalue weighted by atomic mass is 35.5. The predicted molar refractivity (Wildman–Crippen MR) is 111 cm³/mol. The van der Waals surface area contributed by atoms with Gasteiger partial charge in [-0.3, -0.25) is 4.79 Å². The zero-order chi connectivity index (χ0) is 17.6. The van der Waals surface area contributed by atoms with E-state index in [1.165, 1.54) is 0 Å². The molecule has 0 N–H and O–H groups in total. The lowest BCUT2D eigenvalue weighted by atomic mass is 10.0. The van der Waals surface area contributed by atoms with Gasteiger partial charge in [0.15, 0.2) is 0 Å². The molecule has 1 aliphatic rings. The minimum absolute atomic E-state index is 0. The van der Waals surface area contributed by atoms with Crippen LogP contribution in [0.5, 0.6) is 0 Å². The SMILES string of the molecule is CCN1CCC(N(C(=O)Cc2ccccc2)c2ccc(Cl)cc2)CC1.Cl. The molecule has 0 unspecified atom stereocenters. The largest absolute Gasteiger partial charge is 0.309 e. The first-order valence-corrected chi connectivity index (χ1v) is 9.39. The van der Waals surface area contributed by atoms with E-state index in [1.54, 1.807) is 0 Å². The van der Waals surface area contributed by atoms with Gasteiger partial charge in [-0.05, 0) is 49.2 Å². The van der Waals surface area contributed by atoms with Crippen LogP contribution >= 0.6 is 24.0 Å². The molecule has 0 bridgehead atoms. The van der Waals surface area contributed by atoms with Crippen molar-refractivity contribution in [2.24, 2.45) is 0 Å². The first-order valence-electron chi connectivity index (χ1n) is 9.01. The summed E-state index contributed by atoms with van der Waals surface area (Å²) in [6.45, 7) is 5.36. The van der Waals surface area contributed by atoms with Crippen molar-refractivity contribution in [2.75, 3.05) is 24.5 Å². The summed E-state index contributed by atoms with van der Waals surface area (Å²) in [6.07, 6.45) is 2.45. The number of likely N-dealkylation sites (tertiary alicyclic amines) is 1. The fourth-order valence-corrected chi connectivity index (χ4v) is 3.64. The van der Waals surface area contributed by atoms with Crippen molar-refractivity contribution in [1.29, 1.82) is 0 Å². The van der Waals surface area contributed by atoms with Crippen LogP contribution < -0.4 is 4.90 Å². The van der Waals surface area contributed by atoms with E-state index in [0.717, 1.165) is 43.7 Å². The molecule has 1 amide bonds. The average Bonchev–Trinajstić information content (AvgIpc) is 2.65. The predicted octanol–water partition coefficient (Wildman–Crippen LogP) is 4.82. The van der Waals surface area contributed by atoms with Gasteiger partial charge in [-0.1, -0.05) is 48.9 Å². The van der Waals surface area contributed by atoms with Gasteiger partial charge in [-0.15, -0.1) is 12.4 Å². The summed E-state index contributed by atoms with van der Waals surface area (Å²) in [6, 6.07) is 17.8. The fourth-order valence-electron chi connectivity index (χ4n) is 3.51. The Labute approximate surface area is 167 Å². The van der Waals surface area contributed by atoms with Gasteiger partial charge in [-0.25, -0.2) is 0 Å². The van der Waals surface area contributed by atoms with E-state index in [0.29, 0.717) is 11.4 Å². The molecule has 3 rings (SSSR count). The highest BCUT2D eigenvalue weighted by Crippen LogP contribution is 2.26. The van der Waals surface area contributed by atoms with Gasteiger partial charge < -0.3 is 9.80 Å². The summed E-state index contributed by atoms with van der Waals surface area (Å²) in [5.41, 5.74) is 2.00. The van der Waals surface area contributed by atoms with Crippen LogP contribution in [0.15, 0.2) is 54.6 Å². The highest BCUT2D eigenvalue weighted by Gasteiger charge is 2.28. The maximum Gasteiger partial charge on any atom is 0.231 e. The smallest absolute Gasteiger partial charge is 0.231 e. The van der Waals surface area contributed by atoms with Crippen molar-refractivity contribution >= 4 is 35.6 Å². The average molecular weight is 393 g/mol. The number of piperidine rings is 1. The maximum atomic E-state index is 13.1. The Bertz CT molecular complexity index is 683. The third kappa shape index (κ3) is 5.23. The van der Waals surface area contributed by atoms with Crippen molar-refractivity contribution in [1.82, 2.24) is 4.90 Å². The Morgan fingerprint density at radius 1 is 1.08 bits per heavy atom. The first kappa shape index (κ1) is 20.8. The molecular formula is C21H26Cl2N2O. The van der Waals surface area contributed by atoms with E-state index in [9.17, 15) is 4.79 Å². The maximum absolute atomic E-state index is 13.1. The number of hydrogen-bond acceptors (Lipinski definition) is 2. The summed E-state index contributed by atoms with van der Waals surface area (Å²) in [7, 11) is 0. The summed E-state index contributed by atoms with van der Waals surface area (Å²) in [4.78, 5) is 17.6. The van der Waals surface area contributed by atoms with Gasteiger partial charge in [-0.2, -0.15) is 0 Å². The van der Waals surface area contributed by atoms with E-state index in [2.05, 4.69) is 11.8 Å². The van der Waals surface area contributed by atoms with Gasteiger partial charge in [0, 0.05) is 29.8 Å². The van der Waals surface area contributed by atoms with Crippen molar-refractivity contribution in [3.63, 3.8) is 0 Å². The van der Waals surface area contributed by atoms with Gasteiger partial charge in [0.1, 0.15) is 0 Å². The summed E-state index contributed by atoms with van der Waals surface area (Å²) in [5.74, 6) is 0.156. The zero-order valence-corrected chi connectivity index (χ0v) is 16.7. The van der Waals surface area contributed by atoms with Crippen LogP contribution in [-0.2, 0) is 11.2 Å². The highest BCUT2D eigenvalue weighted by molar-refractivity contribution is 6.30. The molecule has 0 atom stereocenters. The van der Waals surface area contributed by atoms with Crippen molar-refractivity contribution in [2.45, 2.75) is 32.2 Å². The third-order valence-electron chi connectivity index (χ3n) is 4.94. The number of halogens is 2. The quantitative estimate of drug-likeness (QED) is 0.727. The minimum atomic E-state index is 0. The Morgan fingerprint density at radius 3 is 2.27 bits per heavy atom. The van der Waals surface area contributed by atoms with E-state index in [-0.39, 0.29) is 24.4 Å². The molecule has 1 saturated heterocycles. The van der Waals surface area contributed by atoms with E-state index in [1.807, 2.05) is 59.5 Å². The normalized spacial score (nSPS) is 15.3. The number of nitrogens with zero attached hydrogens (tertiary/aromatic N) is 2. The molecule has 0 saturated carbocycles. The second kappa shape index (κ2) is 9.96. The lowest BCUT2D eigenvalue weighted by Gasteiger charge is -2.38. The molecule has 2 aromatic rings. The molecule has 26 heavy (non-hydrogen) atoms. The number of anilines is 1. The minimum Gasteiger partial charge on any atom is -0.309 e. The molecule has 1 aliphatic heterocycles. The van der Waals surface area contributed by atoms with E-state index >= 15 is 0 Å². The third-order valence-corrected chi connectivity index (χ3v) is 5.19. The van der Waals surface area contributed by atoms with Crippen molar-refractivity contribution in [3.05, 3.63) is 65.2 Å². The molecule has 0 aliphatic carbocycles. The molecule has 5 heteroatoms. The van der Waals surface area contributed by atoms with E-state index in [4.69, 9.17) is 11.6 Å². The van der Waals surface area contributed by atoms with Gasteiger partial charge >= 0.3 is 0 Å². The summed E-state index contributed by atoms with van der Waals surface area (Å²) < 4.78 is 0. The number of carbonyl (C=O) groups is 1. The number of rotatable bonds is 5. The van der Waals surface area contributed by atoms with Crippen molar-refractivity contribution in [3.8, 4) is 0 Å². The van der Waals surface area contributed by atoms with Crippen LogP contribution in [0.4, 0.5) is 5.69 Å². The molecule has 0 aromatic heterocycles. The molecular weight excluding hydrogens is 367 g/mol. The second-order valence-electron chi connectivity index (χ2n) is 6.57. The topological polar surface area (TPSA) is 23.6 Å². The van der Waals surface area contributed by atoms with Crippen molar-refractivity contribution < 1.29 is 4.79 Å². The molecule has 3 nitrogen and oxygen atoms in total. The van der Waals surface area contributed by atoms with Crippen LogP contribution in [0, 0.1) is 0 Å². The van der Waals surface area contributed by atoms with Crippen LogP contribution in [0.3, 0.4) is 0 Å². The molecule has 0 radical (unpaired) electrons. The Morgan fingerprint density at radius 2 is 1.69 bits per heavy atom. The zero-order valence-electron chi connectivity index (χ0n) is 15.1. The Balaban J connectivity index is 0.00000243. The first-order chi connectivity index (χ1) is 12.2. The second-order valence-corrected chi connectivity index (χ2v) is 7.00. The fraction of sp³-hybridized carbons (Fsp3) is 0.381. The lowest BCUT2D eigenvalue weighted by Crippen LogP contribution is -2.48. The van der Waals surface area contributed by atoms with Crippen LogP contribution in [0.1, 0.15) is 25.3 Å². The summed E-state index contributed by atoms with van der Waals surface area (Å²) >= 11 is 6.04. The molecule has 0 spiro atoms. The molecule has 2 aromatic carbocycles. The lowest BCUT2D eigenvalue weighted by molar-refractivity contribution is -0.118. The monoisotopic (exact) mass is 392 g/mol. The number of carbonyl (C=O) groups excluding carboxylic acids is 1. The molecule has 140 valence electrons.